The van der Waals surface area contributed by atoms with Gasteiger partial charge in [0.05, 0.1) is 30.0 Å². The first-order valence-corrected chi connectivity index (χ1v) is 9.10. The third-order valence-corrected chi connectivity index (χ3v) is 5.42. The predicted octanol–water partition coefficient (Wildman–Crippen LogP) is 3.39. The topological polar surface area (TPSA) is 77.5 Å². The lowest BCUT2D eigenvalue weighted by Crippen LogP contribution is -2.51. The second kappa shape index (κ2) is 6.67. The molecule has 1 N–H and O–H groups in total. The van der Waals surface area contributed by atoms with E-state index in [4.69, 9.17) is 13.6 Å². The summed E-state index contributed by atoms with van der Waals surface area (Å²) in [4.78, 5) is 17.0. The molecule has 1 amide bonds. The number of hydrogen-bond acceptors (Lipinski definition) is 5. The van der Waals surface area contributed by atoms with Crippen LogP contribution in [0.1, 0.15) is 50.0 Å². The van der Waals surface area contributed by atoms with E-state index in [0.717, 1.165) is 25.9 Å². The molecule has 1 saturated heterocycles. The SMILES string of the molecule is Cc1oc(-c2ccco2)nc1CC(=O)NC1CCOC12CCCCC2. The Hall–Kier alpha value is -2.08. The lowest BCUT2D eigenvalue weighted by atomic mass is 9.79. The van der Waals surface area contributed by atoms with Crippen molar-refractivity contribution >= 4 is 5.91 Å². The van der Waals surface area contributed by atoms with E-state index in [1.807, 2.05) is 6.92 Å². The minimum absolute atomic E-state index is 0.0251. The molecule has 1 aliphatic carbocycles. The van der Waals surface area contributed by atoms with Crippen molar-refractivity contribution in [2.75, 3.05) is 6.61 Å². The van der Waals surface area contributed by atoms with Gasteiger partial charge in [-0.3, -0.25) is 4.79 Å². The molecule has 1 spiro atoms. The van der Waals surface area contributed by atoms with Crippen molar-refractivity contribution in [3.8, 4) is 11.7 Å². The van der Waals surface area contributed by atoms with Gasteiger partial charge >= 0.3 is 0 Å². The van der Waals surface area contributed by atoms with Gasteiger partial charge in [-0.2, -0.15) is 0 Å². The summed E-state index contributed by atoms with van der Waals surface area (Å²) in [7, 11) is 0. The minimum Gasteiger partial charge on any atom is -0.459 e. The fourth-order valence-electron chi connectivity index (χ4n) is 4.09. The number of hydrogen-bond donors (Lipinski definition) is 1. The largest absolute Gasteiger partial charge is 0.459 e. The summed E-state index contributed by atoms with van der Waals surface area (Å²) < 4.78 is 17.0. The van der Waals surface area contributed by atoms with Crippen molar-refractivity contribution in [3.63, 3.8) is 0 Å². The molecule has 1 saturated carbocycles. The lowest BCUT2D eigenvalue weighted by molar-refractivity contribution is -0.123. The number of rotatable bonds is 4. The van der Waals surface area contributed by atoms with E-state index in [-0.39, 0.29) is 24.0 Å². The Balaban J connectivity index is 1.42. The molecule has 6 nitrogen and oxygen atoms in total. The van der Waals surface area contributed by atoms with Gasteiger partial charge < -0.3 is 18.9 Å². The van der Waals surface area contributed by atoms with Crippen LogP contribution in [0.2, 0.25) is 0 Å². The van der Waals surface area contributed by atoms with Crippen LogP contribution in [0.4, 0.5) is 0 Å². The first kappa shape index (κ1) is 16.4. The summed E-state index contributed by atoms with van der Waals surface area (Å²) >= 11 is 0. The summed E-state index contributed by atoms with van der Waals surface area (Å²) in [5.41, 5.74) is 0.507. The molecule has 0 radical (unpaired) electrons. The number of carbonyl (C=O) groups is 1. The quantitative estimate of drug-likeness (QED) is 0.920. The molecule has 3 heterocycles. The summed E-state index contributed by atoms with van der Waals surface area (Å²) in [6.07, 6.45) is 8.39. The van der Waals surface area contributed by atoms with E-state index in [1.54, 1.807) is 18.4 Å². The van der Waals surface area contributed by atoms with Crippen LogP contribution in [0.3, 0.4) is 0 Å². The van der Waals surface area contributed by atoms with E-state index in [0.29, 0.717) is 23.1 Å². The Morgan fingerprint density at radius 1 is 1.36 bits per heavy atom. The molecular formula is C19H24N2O4. The van der Waals surface area contributed by atoms with Crippen molar-refractivity contribution < 1.29 is 18.4 Å². The molecule has 0 aromatic carbocycles. The Kier molecular flexibility index (Phi) is 4.37. The van der Waals surface area contributed by atoms with Crippen molar-refractivity contribution in [2.45, 2.75) is 63.5 Å². The average Bonchev–Trinajstić information content (AvgIpc) is 3.32. The van der Waals surface area contributed by atoms with Gasteiger partial charge in [-0.15, -0.1) is 0 Å². The number of ether oxygens (including phenoxy) is 1. The molecule has 1 aliphatic heterocycles. The maximum atomic E-state index is 12.6. The summed E-state index contributed by atoms with van der Waals surface area (Å²) in [5.74, 6) is 1.61. The fourth-order valence-corrected chi connectivity index (χ4v) is 4.09. The molecule has 2 aromatic rings. The number of oxazole rings is 1. The number of aromatic nitrogens is 1. The maximum Gasteiger partial charge on any atom is 0.263 e. The van der Waals surface area contributed by atoms with Gasteiger partial charge in [0, 0.05) is 6.61 Å². The number of nitrogens with one attached hydrogen (secondary N) is 1. The zero-order valence-corrected chi connectivity index (χ0v) is 14.5. The smallest absolute Gasteiger partial charge is 0.263 e. The van der Waals surface area contributed by atoms with E-state index in [9.17, 15) is 4.79 Å². The molecule has 0 bridgehead atoms. The van der Waals surface area contributed by atoms with Crippen molar-refractivity contribution in [2.24, 2.45) is 0 Å². The van der Waals surface area contributed by atoms with Crippen LogP contribution >= 0.6 is 0 Å². The zero-order chi connectivity index (χ0) is 17.3. The van der Waals surface area contributed by atoms with Crippen LogP contribution in [-0.4, -0.2) is 29.1 Å². The fraction of sp³-hybridized carbons (Fsp3) is 0.579. The lowest BCUT2D eigenvalue weighted by Gasteiger charge is -2.38. The molecule has 1 unspecified atom stereocenters. The normalized spacial score (nSPS) is 22.4. The van der Waals surface area contributed by atoms with Crippen LogP contribution in [0.25, 0.3) is 11.7 Å². The maximum absolute atomic E-state index is 12.6. The van der Waals surface area contributed by atoms with Gasteiger partial charge in [0.2, 0.25) is 5.91 Å². The van der Waals surface area contributed by atoms with Gasteiger partial charge in [-0.05, 0) is 38.3 Å². The van der Waals surface area contributed by atoms with Gasteiger partial charge in [0.15, 0.2) is 5.76 Å². The highest BCUT2D eigenvalue weighted by molar-refractivity contribution is 5.79. The molecule has 1 atom stereocenters. The number of aryl methyl sites for hydroxylation is 1. The number of amides is 1. The molecule has 2 aliphatic rings. The van der Waals surface area contributed by atoms with Crippen molar-refractivity contribution in [3.05, 3.63) is 29.9 Å². The molecule has 25 heavy (non-hydrogen) atoms. The first-order chi connectivity index (χ1) is 12.2. The highest BCUT2D eigenvalue weighted by Gasteiger charge is 2.45. The molecule has 134 valence electrons. The molecule has 6 heteroatoms. The third-order valence-electron chi connectivity index (χ3n) is 5.42. The van der Waals surface area contributed by atoms with Gasteiger partial charge in [-0.25, -0.2) is 4.98 Å². The predicted molar refractivity (Wildman–Crippen MR) is 91.0 cm³/mol. The monoisotopic (exact) mass is 344 g/mol. The number of nitrogens with zero attached hydrogens (tertiary/aromatic N) is 1. The van der Waals surface area contributed by atoms with Crippen LogP contribution in [0.15, 0.2) is 27.2 Å². The van der Waals surface area contributed by atoms with E-state index >= 15 is 0 Å². The third kappa shape index (κ3) is 3.23. The standard InChI is InChI=1S/C19H24N2O4/c1-13-14(20-18(25-13)15-6-5-10-23-15)12-17(22)21-16-7-11-24-19(16)8-3-2-4-9-19/h5-6,10,16H,2-4,7-9,11-12H2,1H3,(H,21,22). The van der Waals surface area contributed by atoms with Crippen LogP contribution in [-0.2, 0) is 16.0 Å². The van der Waals surface area contributed by atoms with Gasteiger partial charge in [0.25, 0.3) is 5.89 Å². The molecular weight excluding hydrogens is 320 g/mol. The Morgan fingerprint density at radius 2 is 2.20 bits per heavy atom. The molecule has 2 aromatic heterocycles. The second-order valence-electron chi connectivity index (χ2n) is 7.06. The van der Waals surface area contributed by atoms with Crippen LogP contribution in [0, 0.1) is 6.92 Å². The molecule has 4 rings (SSSR count). The highest BCUT2D eigenvalue weighted by Crippen LogP contribution is 2.39. The number of furan rings is 1. The Morgan fingerprint density at radius 3 is 2.96 bits per heavy atom. The van der Waals surface area contributed by atoms with E-state index in [1.165, 1.54) is 19.3 Å². The summed E-state index contributed by atoms with van der Waals surface area (Å²) in [6.45, 7) is 2.56. The summed E-state index contributed by atoms with van der Waals surface area (Å²) in [5, 5.41) is 3.19. The second-order valence-corrected chi connectivity index (χ2v) is 7.06. The van der Waals surface area contributed by atoms with Crippen molar-refractivity contribution in [1.29, 1.82) is 0 Å². The number of carbonyl (C=O) groups excluding carboxylic acids is 1. The van der Waals surface area contributed by atoms with Crippen LogP contribution in [0.5, 0.6) is 0 Å². The zero-order valence-electron chi connectivity index (χ0n) is 14.5. The van der Waals surface area contributed by atoms with E-state index in [2.05, 4.69) is 10.3 Å². The Labute approximate surface area is 146 Å². The van der Waals surface area contributed by atoms with Gasteiger partial charge in [-0.1, -0.05) is 19.3 Å². The molecule has 2 fully saturated rings. The highest BCUT2D eigenvalue weighted by atomic mass is 16.5. The van der Waals surface area contributed by atoms with E-state index < -0.39 is 0 Å². The van der Waals surface area contributed by atoms with Crippen LogP contribution < -0.4 is 5.32 Å². The Bertz CT molecular complexity index is 729. The minimum atomic E-state index is -0.147. The van der Waals surface area contributed by atoms with Crippen molar-refractivity contribution in [1.82, 2.24) is 10.3 Å². The first-order valence-electron chi connectivity index (χ1n) is 9.10. The average molecular weight is 344 g/mol. The van der Waals surface area contributed by atoms with Gasteiger partial charge in [0.1, 0.15) is 5.76 Å². The summed E-state index contributed by atoms with van der Waals surface area (Å²) in [6, 6.07) is 3.68.